The summed E-state index contributed by atoms with van der Waals surface area (Å²) >= 11 is 0. The predicted molar refractivity (Wildman–Crippen MR) is 65.4 cm³/mol. The number of piperidine rings is 1. The van der Waals surface area contributed by atoms with Gasteiger partial charge in [-0.05, 0) is 33.0 Å². The monoisotopic (exact) mass is 224 g/mol. The third-order valence-corrected chi connectivity index (χ3v) is 4.36. The van der Waals surface area contributed by atoms with Crippen molar-refractivity contribution in [2.45, 2.75) is 32.7 Å². The van der Waals surface area contributed by atoms with E-state index in [9.17, 15) is 4.79 Å². The van der Waals surface area contributed by atoms with Gasteiger partial charge in [0.25, 0.3) is 0 Å². The highest BCUT2D eigenvalue weighted by Crippen LogP contribution is 2.33. The van der Waals surface area contributed by atoms with E-state index in [-0.39, 0.29) is 5.92 Å². The molecule has 0 N–H and O–H groups in total. The molecular formula is C13H24N2O. The number of Topliss-reactive ketones (excluding diaryl/α,β-unsaturated/α-hetero) is 1. The molecule has 0 spiro atoms. The van der Waals surface area contributed by atoms with Gasteiger partial charge in [0.1, 0.15) is 5.78 Å². The summed E-state index contributed by atoms with van der Waals surface area (Å²) in [4.78, 5) is 17.1. The van der Waals surface area contributed by atoms with Crippen molar-refractivity contribution in [2.75, 3.05) is 33.2 Å². The molecule has 1 saturated carbocycles. The largest absolute Gasteiger partial charge is 0.305 e. The van der Waals surface area contributed by atoms with E-state index in [1.54, 1.807) is 0 Å². The molecule has 1 heterocycles. The molecule has 1 saturated heterocycles. The van der Waals surface area contributed by atoms with E-state index in [4.69, 9.17) is 0 Å². The van der Waals surface area contributed by atoms with Crippen LogP contribution < -0.4 is 0 Å². The Morgan fingerprint density at radius 1 is 1.25 bits per heavy atom. The summed E-state index contributed by atoms with van der Waals surface area (Å²) in [5.41, 5.74) is 0. The van der Waals surface area contributed by atoms with Gasteiger partial charge >= 0.3 is 0 Å². The Balaban J connectivity index is 2.13. The second-order valence-corrected chi connectivity index (χ2v) is 5.29. The normalized spacial score (nSPS) is 35.8. The standard InChI is InChI=1S/C13H24N2O/c1-4-15(5-2)12-7-6-10-8-14(3)9-11(12)13(10)16/h10-12H,4-9H2,1-3H3/t10?,11?,12-/m1/s1. The highest BCUT2D eigenvalue weighted by Gasteiger charge is 2.43. The van der Waals surface area contributed by atoms with Crippen molar-refractivity contribution >= 4 is 5.78 Å². The van der Waals surface area contributed by atoms with Crippen LogP contribution in [0.5, 0.6) is 0 Å². The number of nitrogens with zero attached hydrogens (tertiary/aromatic N) is 2. The van der Waals surface area contributed by atoms with Gasteiger partial charge in [-0.1, -0.05) is 13.8 Å². The van der Waals surface area contributed by atoms with Crippen LogP contribution in [0, 0.1) is 11.8 Å². The zero-order valence-corrected chi connectivity index (χ0v) is 10.8. The lowest BCUT2D eigenvalue weighted by atomic mass is 9.73. The van der Waals surface area contributed by atoms with E-state index in [0.29, 0.717) is 17.7 Å². The van der Waals surface area contributed by atoms with Gasteiger partial charge in [0.05, 0.1) is 0 Å². The molecule has 3 heteroatoms. The average Bonchev–Trinajstić information content (AvgIpc) is 2.25. The Hall–Kier alpha value is -0.410. The molecule has 2 aliphatic rings. The van der Waals surface area contributed by atoms with Gasteiger partial charge in [-0.15, -0.1) is 0 Å². The van der Waals surface area contributed by atoms with Gasteiger partial charge in [0.2, 0.25) is 0 Å². The molecule has 16 heavy (non-hydrogen) atoms. The summed E-state index contributed by atoms with van der Waals surface area (Å²) < 4.78 is 0. The first-order valence-electron chi connectivity index (χ1n) is 6.63. The van der Waals surface area contributed by atoms with Crippen molar-refractivity contribution in [3.05, 3.63) is 0 Å². The molecule has 3 atom stereocenters. The maximum Gasteiger partial charge on any atom is 0.143 e. The van der Waals surface area contributed by atoms with Crippen molar-refractivity contribution in [2.24, 2.45) is 11.8 Å². The molecule has 0 aromatic carbocycles. The molecule has 3 nitrogen and oxygen atoms in total. The SMILES string of the molecule is CCN(CC)[C@@H]1CCC2CN(C)CC1C2=O. The van der Waals surface area contributed by atoms with Gasteiger partial charge in [-0.2, -0.15) is 0 Å². The molecule has 2 rings (SSSR count). The number of rotatable bonds is 3. The van der Waals surface area contributed by atoms with E-state index in [2.05, 4.69) is 30.7 Å². The summed E-state index contributed by atoms with van der Waals surface area (Å²) in [6.45, 7) is 8.49. The lowest BCUT2D eigenvalue weighted by Gasteiger charge is -2.46. The Kier molecular flexibility index (Phi) is 3.65. The van der Waals surface area contributed by atoms with Crippen LogP contribution in [0.3, 0.4) is 0 Å². The van der Waals surface area contributed by atoms with Crippen LogP contribution in [0.25, 0.3) is 0 Å². The molecule has 2 fully saturated rings. The van der Waals surface area contributed by atoms with Crippen LogP contribution in [0.4, 0.5) is 0 Å². The fourth-order valence-corrected chi connectivity index (χ4v) is 3.52. The summed E-state index contributed by atoms with van der Waals surface area (Å²) in [6, 6.07) is 0.501. The van der Waals surface area contributed by atoms with Crippen LogP contribution in [-0.4, -0.2) is 54.9 Å². The summed E-state index contributed by atoms with van der Waals surface area (Å²) in [5, 5.41) is 0. The topological polar surface area (TPSA) is 23.6 Å². The van der Waals surface area contributed by atoms with E-state index in [1.807, 2.05) is 0 Å². The third kappa shape index (κ3) is 2.03. The fraction of sp³-hybridized carbons (Fsp3) is 0.923. The molecule has 1 aliphatic heterocycles. The first-order chi connectivity index (χ1) is 7.67. The van der Waals surface area contributed by atoms with Crippen molar-refractivity contribution in [3.63, 3.8) is 0 Å². The van der Waals surface area contributed by atoms with Crippen LogP contribution in [0.2, 0.25) is 0 Å². The van der Waals surface area contributed by atoms with Gasteiger partial charge < -0.3 is 9.80 Å². The van der Waals surface area contributed by atoms with Crippen LogP contribution in [0.1, 0.15) is 26.7 Å². The van der Waals surface area contributed by atoms with Crippen molar-refractivity contribution in [1.82, 2.24) is 9.80 Å². The quantitative estimate of drug-likeness (QED) is 0.720. The van der Waals surface area contributed by atoms with Crippen LogP contribution >= 0.6 is 0 Å². The number of carbonyl (C=O) groups excluding carboxylic acids is 1. The minimum absolute atomic E-state index is 0.275. The Bertz CT molecular complexity index is 263. The average molecular weight is 224 g/mol. The number of fused-ring (bicyclic) bond motifs is 2. The van der Waals surface area contributed by atoms with Gasteiger partial charge in [0, 0.05) is 31.0 Å². The second kappa shape index (κ2) is 4.84. The molecule has 0 aromatic heterocycles. The lowest BCUT2D eigenvalue weighted by molar-refractivity contribution is -0.138. The molecule has 2 bridgehead atoms. The Morgan fingerprint density at radius 2 is 1.94 bits per heavy atom. The highest BCUT2D eigenvalue weighted by molar-refractivity contribution is 5.86. The van der Waals surface area contributed by atoms with E-state index >= 15 is 0 Å². The molecule has 0 aromatic rings. The first-order valence-corrected chi connectivity index (χ1v) is 6.63. The molecular weight excluding hydrogens is 200 g/mol. The molecule has 1 aliphatic carbocycles. The Morgan fingerprint density at radius 3 is 2.56 bits per heavy atom. The highest BCUT2D eigenvalue weighted by atomic mass is 16.1. The van der Waals surface area contributed by atoms with E-state index < -0.39 is 0 Å². The number of hydrogen-bond acceptors (Lipinski definition) is 3. The van der Waals surface area contributed by atoms with Gasteiger partial charge in [-0.25, -0.2) is 0 Å². The van der Waals surface area contributed by atoms with Gasteiger partial charge in [-0.3, -0.25) is 4.79 Å². The summed E-state index contributed by atoms with van der Waals surface area (Å²) in [6.07, 6.45) is 2.32. The zero-order valence-electron chi connectivity index (χ0n) is 10.8. The minimum atomic E-state index is 0.275. The molecule has 0 radical (unpaired) electrons. The van der Waals surface area contributed by atoms with Crippen molar-refractivity contribution in [3.8, 4) is 0 Å². The number of ketones is 1. The lowest BCUT2D eigenvalue weighted by Crippen LogP contribution is -2.57. The molecule has 2 unspecified atom stereocenters. The smallest absolute Gasteiger partial charge is 0.143 e. The first kappa shape index (κ1) is 12.1. The van der Waals surface area contributed by atoms with E-state index in [1.165, 1.54) is 6.42 Å². The zero-order chi connectivity index (χ0) is 11.7. The van der Waals surface area contributed by atoms with Crippen molar-refractivity contribution in [1.29, 1.82) is 0 Å². The Labute approximate surface area is 98.8 Å². The fourth-order valence-electron chi connectivity index (χ4n) is 3.52. The van der Waals surface area contributed by atoms with Crippen LogP contribution in [0.15, 0.2) is 0 Å². The second-order valence-electron chi connectivity index (χ2n) is 5.29. The molecule has 92 valence electrons. The number of likely N-dealkylation sites (tertiary alicyclic amines) is 1. The van der Waals surface area contributed by atoms with Crippen molar-refractivity contribution < 1.29 is 4.79 Å². The van der Waals surface area contributed by atoms with Crippen LogP contribution in [-0.2, 0) is 4.79 Å². The van der Waals surface area contributed by atoms with E-state index in [0.717, 1.165) is 32.6 Å². The maximum absolute atomic E-state index is 12.2. The predicted octanol–water partition coefficient (Wildman–Crippen LogP) is 1.24. The minimum Gasteiger partial charge on any atom is -0.305 e. The summed E-state index contributed by atoms with van der Waals surface area (Å²) in [7, 11) is 2.15. The summed E-state index contributed by atoms with van der Waals surface area (Å²) in [5.74, 6) is 1.15. The molecule has 0 amide bonds. The number of hydrogen-bond donors (Lipinski definition) is 0. The number of carbonyl (C=O) groups is 1. The van der Waals surface area contributed by atoms with Gasteiger partial charge in [0.15, 0.2) is 0 Å². The maximum atomic E-state index is 12.2. The third-order valence-electron chi connectivity index (χ3n) is 4.36.